The second-order valence-corrected chi connectivity index (χ2v) is 8.84. The Morgan fingerprint density at radius 2 is 2.06 bits per heavy atom. The highest BCUT2D eigenvalue weighted by Gasteiger charge is 2.22. The number of carbonyl (C=O) groups excluding carboxylic acids is 1. The quantitative estimate of drug-likeness (QED) is 0.304. The molecule has 1 aliphatic rings. The molecule has 0 spiro atoms. The van der Waals surface area contributed by atoms with E-state index in [1.807, 2.05) is 18.5 Å². The van der Waals surface area contributed by atoms with Gasteiger partial charge in [-0.05, 0) is 31.2 Å². The third-order valence-corrected chi connectivity index (χ3v) is 6.23. The summed E-state index contributed by atoms with van der Waals surface area (Å²) in [6, 6.07) is 4.49. The minimum Gasteiger partial charge on any atom is -0.354 e. The topological polar surface area (TPSA) is 90.7 Å². The zero-order chi connectivity index (χ0) is 21.5. The minimum absolute atomic E-state index is 0. The van der Waals surface area contributed by atoms with Crippen LogP contribution in [0, 0.1) is 6.92 Å². The maximum Gasteiger partial charge on any atom is 0.236 e. The Morgan fingerprint density at radius 3 is 2.65 bits per heavy atom. The Bertz CT molecular complexity index is 843. The number of likely N-dealkylation sites (N-methyl/N-ethyl adjacent to an activating group) is 1. The average molecular weight is 561 g/mol. The molecule has 1 saturated heterocycles. The van der Waals surface area contributed by atoms with Gasteiger partial charge in [0.15, 0.2) is 11.8 Å². The van der Waals surface area contributed by atoms with E-state index in [9.17, 15) is 4.79 Å². The van der Waals surface area contributed by atoms with Gasteiger partial charge in [-0.3, -0.25) is 9.69 Å². The van der Waals surface area contributed by atoms with Gasteiger partial charge in [0.1, 0.15) is 12.4 Å². The molecular weight excluding hydrogens is 527 g/mol. The first-order chi connectivity index (χ1) is 14.4. The van der Waals surface area contributed by atoms with Crippen LogP contribution in [0.15, 0.2) is 22.5 Å². The molecule has 2 aromatic rings. The molecular formula is C20H33IN8OS. The van der Waals surface area contributed by atoms with E-state index in [1.165, 1.54) is 4.88 Å². The Labute approximate surface area is 205 Å². The summed E-state index contributed by atoms with van der Waals surface area (Å²) in [5.41, 5.74) is 0. The third-order valence-electron chi connectivity index (χ3n) is 5.36. The van der Waals surface area contributed by atoms with Crippen LogP contribution in [0.2, 0.25) is 0 Å². The van der Waals surface area contributed by atoms with Gasteiger partial charge in [0, 0.05) is 45.2 Å². The number of likely N-dealkylation sites (tertiary alicyclic amines) is 1. The number of amides is 1. The van der Waals surface area contributed by atoms with Gasteiger partial charge in [-0.1, -0.05) is 6.07 Å². The van der Waals surface area contributed by atoms with Gasteiger partial charge >= 0.3 is 0 Å². The van der Waals surface area contributed by atoms with Gasteiger partial charge in [-0.2, -0.15) is 0 Å². The molecule has 0 bridgehead atoms. The molecule has 172 valence electrons. The fourth-order valence-corrected chi connectivity index (χ4v) is 3.88. The molecule has 1 amide bonds. The Morgan fingerprint density at radius 1 is 1.32 bits per heavy atom. The smallest absolute Gasteiger partial charge is 0.236 e. The highest BCUT2D eigenvalue weighted by Crippen LogP contribution is 2.11. The van der Waals surface area contributed by atoms with Crippen molar-refractivity contribution in [3.05, 3.63) is 34.0 Å². The first-order valence-corrected chi connectivity index (χ1v) is 11.1. The summed E-state index contributed by atoms with van der Waals surface area (Å²) in [5, 5.41) is 17.4. The van der Waals surface area contributed by atoms with E-state index >= 15 is 0 Å². The number of nitrogens with zero attached hydrogens (tertiary/aromatic N) is 6. The molecule has 3 rings (SSSR count). The molecule has 3 heterocycles. The number of aliphatic imine (C=N–C) groups is 1. The minimum atomic E-state index is 0. The second kappa shape index (κ2) is 12.3. The van der Waals surface area contributed by atoms with Crippen molar-refractivity contribution in [1.29, 1.82) is 0 Å². The molecule has 0 aromatic carbocycles. The number of carbonyl (C=O) groups is 1. The van der Waals surface area contributed by atoms with Gasteiger partial charge in [0.05, 0.1) is 13.1 Å². The van der Waals surface area contributed by atoms with Crippen LogP contribution < -0.4 is 10.6 Å². The number of hydrogen-bond acceptors (Lipinski definition) is 6. The number of aryl methyl sites for hydroxylation is 1. The van der Waals surface area contributed by atoms with Crippen LogP contribution in [0.5, 0.6) is 0 Å². The van der Waals surface area contributed by atoms with Gasteiger partial charge in [0.2, 0.25) is 5.91 Å². The zero-order valence-corrected chi connectivity index (χ0v) is 21.8. The molecule has 31 heavy (non-hydrogen) atoms. The van der Waals surface area contributed by atoms with Gasteiger partial charge in [-0.15, -0.1) is 45.5 Å². The number of aromatic nitrogens is 3. The van der Waals surface area contributed by atoms with Crippen LogP contribution in [-0.4, -0.2) is 76.2 Å². The summed E-state index contributed by atoms with van der Waals surface area (Å²) in [6.45, 7) is 5.42. The van der Waals surface area contributed by atoms with Crippen LogP contribution in [0.3, 0.4) is 0 Å². The monoisotopic (exact) mass is 560 g/mol. The van der Waals surface area contributed by atoms with Crippen molar-refractivity contribution in [3.8, 4) is 0 Å². The molecule has 2 aromatic heterocycles. The molecule has 2 N–H and O–H groups in total. The summed E-state index contributed by atoms with van der Waals surface area (Å²) >= 11 is 1.73. The first-order valence-electron chi connectivity index (χ1n) is 10.3. The fourth-order valence-electron chi connectivity index (χ4n) is 3.24. The zero-order valence-electron chi connectivity index (χ0n) is 18.7. The van der Waals surface area contributed by atoms with Gasteiger partial charge in [-0.25, -0.2) is 4.99 Å². The predicted molar refractivity (Wildman–Crippen MR) is 135 cm³/mol. The Hall–Kier alpha value is -1.73. The van der Waals surface area contributed by atoms with Crippen molar-refractivity contribution in [2.24, 2.45) is 12.0 Å². The highest BCUT2D eigenvalue weighted by atomic mass is 127. The van der Waals surface area contributed by atoms with Crippen molar-refractivity contribution in [2.75, 3.05) is 33.7 Å². The molecule has 0 atom stereocenters. The number of nitrogens with one attached hydrogen (secondary N) is 2. The van der Waals surface area contributed by atoms with Gasteiger partial charge in [0.25, 0.3) is 0 Å². The normalized spacial score (nSPS) is 15.4. The highest BCUT2D eigenvalue weighted by molar-refractivity contribution is 14.0. The first kappa shape index (κ1) is 25.5. The number of guanidine groups is 1. The fraction of sp³-hybridized carbons (Fsp3) is 0.600. The number of piperidine rings is 1. The standard InChI is InChI=1S/C20H32N8OS.HI/c1-15-24-25-18(27(15)4)13-22-20(21-12-17-6-5-11-30-17)23-16-7-9-28(10-8-16)14-19(29)26(2)3;/h5-6,11,16H,7-10,12-14H2,1-4H3,(H2,21,22,23);1H. The van der Waals surface area contributed by atoms with E-state index < -0.39 is 0 Å². The van der Waals surface area contributed by atoms with Crippen LogP contribution >= 0.6 is 35.3 Å². The molecule has 0 radical (unpaired) electrons. The molecule has 0 unspecified atom stereocenters. The number of rotatable bonds is 7. The Balaban J connectivity index is 0.00000341. The molecule has 1 aliphatic heterocycles. The van der Waals surface area contributed by atoms with E-state index in [4.69, 9.17) is 4.99 Å². The van der Waals surface area contributed by atoms with Crippen molar-refractivity contribution in [3.63, 3.8) is 0 Å². The molecule has 0 aliphatic carbocycles. The molecule has 1 fully saturated rings. The van der Waals surface area contributed by atoms with E-state index in [2.05, 4.69) is 43.2 Å². The maximum atomic E-state index is 11.9. The Kier molecular flexibility index (Phi) is 10.2. The summed E-state index contributed by atoms with van der Waals surface area (Å²) < 4.78 is 1.96. The van der Waals surface area contributed by atoms with Crippen molar-refractivity contribution in [1.82, 2.24) is 35.2 Å². The second-order valence-electron chi connectivity index (χ2n) is 7.80. The van der Waals surface area contributed by atoms with Crippen LogP contribution in [0.4, 0.5) is 0 Å². The summed E-state index contributed by atoms with van der Waals surface area (Å²) in [4.78, 5) is 21.8. The van der Waals surface area contributed by atoms with Crippen LogP contribution in [0.1, 0.15) is 29.4 Å². The van der Waals surface area contributed by atoms with E-state index in [0.29, 0.717) is 19.1 Å². The van der Waals surface area contributed by atoms with Crippen molar-refractivity contribution < 1.29 is 4.79 Å². The lowest BCUT2D eigenvalue weighted by Crippen LogP contribution is -2.50. The van der Waals surface area contributed by atoms with Crippen LogP contribution in [-0.2, 0) is 24.9 Å². The average Bonchev–Trinajstić information content (AvgIpc) is 3.36. The van der Waals surface area contributed by atoms with Crippen LogP contribution in [0.25, 0.3) is 0 Å². The maximum absolute atomic E-state index is 11.9. The third kappa shape index (κ3) is 7.72. The van der Waals surface area contributed by atoms with Gasteiger partial charge < -0.3 is 20.1 Å². The lowest BCUT2D eigenvalue weighted by atomic mass is 10.1. The summed E-state index contributed by atoms with van der Waals surface area (Å²) in [7, 11) is 5.56. The molecule has 0 saturated carbocycles. The summed E-state index contributed by atoms with van der Waals surface area (Å²) in [6.07, 6.45) is 1.95. The van der Waals surface area contributed by atoms with Crippen molar-refractivity contribution in [2.45, 2.75) is 38.9 Å². The van der Waals surface area contributed by atoms with Crippen molar-refractivity contribution >= 4 is 47.2 Å². The lowest BCUT2D eigenvalue weighted by Gasteiger charge is -2.33. The SMILES string of the molecule is Cc1nnc(CN=C(NCc2cccs2)NC2CCN(CC(=O)N(C)C)CC2)n1C.I. The predicted octanol–water partition coefficient (Wildman–Crippen LogP) is 1.59. The number of hydrogen-bond donors (Lipinski definition) is 2. The summed E-state index contributed by atoms with van der Waals surface area (Å²) in [5.74, 6) is 2.65. The number of halogens is 1. The van der Waals surface area contributed by atoms with E-state index in [1.54, 1.807) is 30.3 Å². The molecule has 9 nitrogen and oxygen atoms in total. The lowest BCUT2D eigenvalue weighted by molar-refractivity contribution is -0.130. The van der Waals surface area contributed by atoms with E-state index in [-0.39, 0.29) is 29.9 Å². The molecule has 11 heteroatoms. The van der Waals surface area contributed by atoms with E-state index in [0.717, 1.165) is 50.1 Å². The number of thiophene rings is 1. The largest absolute Gasteiger partial charge is 0.354 e.